The predicted octanol–water partition coefficient (Wildman–Crippen LogP) is 3.01. The van der Waals surface area contributed by atoms with Crippen molar-refractivity contribution >= 4 is 21.4 Å². The first-order valence-electron chi connectivity index (χ1n) is 3.23. The Labute approximate surface area is 64.1 Å². The monoisotopic (exact) mass is 147 g/mol. The van der Waals surface area contributed by atoms with Crippen LogP contribution in [0, 0.1) is 12.3 Å². The van der Waals surface area contributed by atoms with Crippen LogP contribution in [0.2, 0.25) is 0 Å². The van der Waals surface area contributed by atoms with Crippen LogP contribution in [0.25, 0.3) is 10.1 Å². The summed E-state index contributed by atoms with van der Waals surface area (Å²) in [4.78, 5) is 0. The first-order valence-corrected chi connectivity index (χ1v) is 4.05. The van der Waals surface area contributed by atoms with Crippen LogP contribution in [-0.4, -0.2) is 0 Å². The van der Waals surface area contributed by atoms with Crippen LogP contribution >= 0.6 is 11.3 Å². The van der Waals surface area contributed by atoms with Gasteiger partial charge in [-0.3, -0.25) is 0 Å². The fraction of sp³-hybridized carbons (Fsp3) is 0.111. The van der Waals surface area contributed by atoms with Gasteiger partial charge in [0.2, 0.25) is 0 Å². The van der Waals surface area contributed by atoms with Gasteiger partial charge < -0.3 is 0 Å². The van der Waals surface area contributed by atoms with E-state index in [-0.39, 0.29) is 0 Å². The van der Waals surface area contributed by atoms with Gasteiger partial charge in [-0.05, 0) is 30.0 Å². The summed E-state index contributed by atoms with van der Waals surface area (Å²) in [6, 6.07) is 8.39. The molecule has 0 aliphatic carbocycles. The number of fused-ring (bicyclic) bond motifs is 1. The Morgan fingerprint density at radius 2 is 2.30 bits per heavy atom. The highest BCUT2D eigenvalue weighted by atomic mass is 32.1. The van der Waals surface area contributed by atoms with Crippen LogP contribution in [0.1, 0.15) is 5.56 Å². The second kappa shape index (κ2) is 2.10. The lowest BCUT2D eigenvalue weighted by atomic mass is 10.2. The van der Waals surface area contributed by atoms with Crippen molar-refractivity contribution < 1.29 is 0 Å². The van der Waals surface area contributed by atoms with E-state index in [4.69, 9.17) is 0 Å². The van der Waals surface area contributed by atoms with E-state index in [1.807, 2.05) is 0 Å². The molecule has 0 aliphatic rings. The van der Waals surface area contributed by atoms with E-state index in [1.54, 1.807) is 11.3 Å². The molecular formula is C9H7S. The maximum absolute atomic E-state index is 3.12. The molecule has 49 valence electrons. The summed E-state index contributed by atoms with van der Waals surface area (Å²) in [5.74, 6) is 0. The van der Waals surface area contributed by atoms with Gasteiger partial charge in [-0.15, -0.1) is 11.3 Å². The third-order valence-corrected chi connectivity index (χ3v) is 2.47. The normalized spacial score (nSPS) is 10.5. The molecule has 1 aromatic heterocycles. The molecule has 1 radical (unpaired) electrons. The number of hydrogen-bond acceptors (Lipinski definition) is 1. The lowest BCUT2D eigenvalue weighted by Gasteiger charge is -1.91. The van der Waals surface area contributed by atoms with Crippen molar-refractivity contribution in [1.29, 1.82) is 0 Å². The standard InChI is InChI=1S/C9H7S/c1-7-3-2-4-9-8(7)5-6-10-9/h2-5H,1H3. The van der Waals surface area contributed by atoms with Crippen LogP contribution in [-0.2, 0) is 0 Å². The fourth-order valence-corrected chi connectivity index (χ4v) is 1.86. The fourth-order valence-electron chi connectivity index (χ4n) is 1.08. The summed E-state index contributed by atoms with van der Waals surface area (Å²) in [6.07, 6.45) is 0. The molecule has 0 bridgehead atoms. The Balaban J connectivity index is 2.95. The SMILES string of the molecule is Cc1cccc2s[c]cc12. The van der Waals surface area contributed by atoms with Crippen LogP contribution in [0.15, 0.2) is 24.3 Å². The molecule has 0 amide bonds. The Bertz CT molecular complexity index is 346. The Morgan fingerprint density at radius 3 is 3.10 bits per heavy atom. The quantitative estimate of drug-likeness (QED) is 0.537. The van der Waals surface area contributed by atoms with E-state index in [1.165, 1.54) is 15.6 Å². The smallest absolute Gasteiger partial charge is 0.0455 e. The molecule has 2 aromatic rings. The summed E-state index contributed by atoms with van der Waals surface area (Å²) in [7, 11) is 0. The highest BCUT2D eigenvalue weighted by Crippen LogP contribution is 2.22. The van der Waals surface area contributed by atoms with E-state index in [0.29, 0.717) is 0 Å². The van der Waals surface area contributed by atoms with Crippen LogP contribution < -0.4 is 0 Å². The zero-order chi connectivity index (χ0) is 6.97. The minimum absolute atomic E-state index is 1.33. The summed E-state index contributed by atoms with van der Waals surface area (Å²) in [5, 5.41) is 4.46. The van der Waals surface area contributed by atoms with Crippen molar-refractivity contribution in [2.75, 3.05) is 0 Å². The first-order chi connectivity index (χ1) is 4.88. The van der Waals surface area contributed by atoms with Crippen molar-refractivity contribution in [3.8, 4) is 0 Å². The molecule has 0 nitrogen and oxygen atoms in total. The van der Waals surface area contributed by atoms with Gasteiger partial charge in [0.1, 0.15) is 0 Å². The maximum atomic E-state index is 3.12. The summed E-state index contributed by atoms with van der Waals surface area (Å²) in [6.45, 7) is 2.13. The van der Waals surface area contributed by atoms with E-state index in [0.717, 1.165) is 0 Å². The van der Waals surface area contributed by atoms with Gasteiger partial charge in [-0.1, -0.05) is 12.1 Å². The molecular weight excluding hydrogens is 140 g/mol. The Kier molecular flexibility index (Phi) is 1.24. The Morgan fingerprint density at radius 1 is 1.40 bits per heavy atom. The van der Waals surface area contributed by atoms with Gasteiger partial charge in [0, 0.05) is 10.1 Å². The minimum Gasteiger partial charge on any atom is -0.134 e. The third-order valence-electron chi connectivity index (χ3n) is 1.66. The number of aryl methyl sites for hydroxylation is 1. The third kappa shape index (κ3) is 0.745. The highest BCUT2D eigenvalue weighted by Gasteiger charge is 1.94. The van der Waals surface area contributed by atoms with Crippen LogP contribution in [0.3, 0.4) is 0 Å². The lowest BCUT2D eigenvalue weighted by molar-refractivity contribution is 1.55. The number of thiophene rings is 1. The predicted molar refractivity (Wildman–Crippen MR) is 45.4 cm³/mol. The summed E-state index contributed by atoms with van der Waals surface area (Å²) >= 11 is 1.68. The van der Waals surface area contributed by atoms with Crippen molar-refractivity contribution in [1.82, 2.24) is 0 Å². The molecule has 0 saturated carbocycles. The molecule has 1 heteroatoms. The van der Waals surface area contributed by atoms with Crippen molar-refractivity contribution in [2.45, 2.75) is 6.92 Å². The second-order valence-corrected chi connectivity index (χ2v) is 3.23. The summed E-state index contributed by atoms with van der Waals surface area (Å²) < 4.78 is 1.33. The molecule has 0 N–H and O–H groups in total. The molecule has 0 unspecified atom stereocenters. The van der Waals surface area contributed by atoms with Gasteiger partial charge in [0.25, 0.3) is 0 Å². The van der Waals surface area contributed by atoms with Crippen molar-refractivity contribution in [3.05, 3.63) is 35.2 Å². The average molecular weight is 147 g/mol. The molecule has 0 spiro atoms. The van der Waals surface area contributed by atoms with E-state index in [9.17, 15) is 0 Å². The van der Waals surface area contributed by atoms with E-state index in [2.05, 4.69) is 36.6 Å². The lowest BCUT2D eigenvalue weighted by Crippen LogP contribution is -1.68. The molecule has 0 atom stereocenters. The van der Waals surface area contributed by atoms with Crippen molar-refractivity contribution in [3.63, 3.8) is 0 Å². The average Bonchev–Trinajstić information content (AvgIpc) is 2.36. The molecule has 2 rings (SSSR count). The number of benzene rings is 1. The van der Waals surface area contributed by atoms with Gasteiger partial charge in [-0.25, -0.2) is 0 Å². The van der Waals surface area contributed by atoms with Crippen LogP contribution in [0.4, 0.5) is 0 Å². The van der Waals surface area contributed by atoms with Crippen molar-refractivity contribution in [2.24, 2.45) is 0 Å². The zero-order valence-electron chi connectivity index (χ0n) is 5.72. The Hall–Kier alpha value is -0.820. The second-order valence-electron chi connectivity index (χ2n) is 2.35. The van der Waals surface area contributed by atoms with Crippen LogP contribution in [0.5, 0.6) is 0 Å². The van der Waals surface area contributed by atoms with Gasteiger partial charge in [0.15, 0.2) is 0 Å². The number of hydrogen-bond donors (Lipinski definition) is 0. The maximum Gasteiger partial charge on any atom is 0.0455 e. The topological polar surface area (TPSA) is 0 Å². The zero-order valence-corrected chi connectivity index (χ0v) is 6.53. The molecule has 1 heterocycles. The van der Waals surface area contributed by atoms with Gasteiger partial charge in [-0.2, -0.15) is 0 Å². The molecule has 0 aliphatic heterocycles. The highest BCUT2D eigenvalue weighted by molar-refractivity contribution is 7.16. The van der Waals surface area contributed by atoms with E-state index >= 15 is 0 Å². The molecule has 1 aromatic carbocycles. The molecule has 0 fully saturated rings. The van der Waals surface area contributed by atoms with Gasteiger partial charge in [0.05, 0.1) is 0 Å². The molecule has 0 saturated heterocycles. The van der Waals surface area contributed by atoms with E-state index < -0.39 is 0 Å². The van der Waals surface area contributed by atoms with Gasteiger partial charge >= 0.3 is 0 Å². The first kappa shape index (κ1) is 5.93. The molecule has 10 heavy (non-hydrogen) atoms. The number of rotatable bonds is 0. The minimum atomic E-state index is 1.33. The summed E-state index contributed by atoms with van der Waals surface area (Å²) in [5.41, 5.74) is 1.34. The largest absolute Gasteiger partial charge is 0.134 e.